The van der Waals surface area contributed by atoms with E-state index in [4.69, 9.17) is 18.9 Å². The molecule has 0 amide bonds. The lowest BCUT2D eigenvalue weighted by molar-refractivity contribution is 0.114. The number of likely N-dealkylation sites (N-methyl/N-ethyl adjacent to an activating group) is 1. The molecule has 0 aliphatic carbocycles. The quantitative estimate of drug-likeness (QED) is 0.806. The maximum absolute atomic E-state index is 13.1. The Balaban J connectivity index is 1.77. The van der Waals surface area contributed by atoms with Gasteiger partial charge in [-0.05, 0) is 31.9 Å². The first-order valence-electron chi connectivity index (χ1n) is 8.82. The van der Waals surface area contributed by atoms with E-state index in [9.17, 15) is 8.42 Å². The largest absolute Gasteiger partial charge is 0.492 e. The zero-order valence-electron chi connectivity index (χ0n) is 15.0. The Kier molecular flexibility index (Phi) is 4.72. The molecule has 3 heterocycles. The van der Waals surface area contributed by atoms with Crippen LogP contribution in [0.15, 0.2) is 4.90 Å². The van der Waals surface area contributed by atoms with Crippen LogP contribution in [0.1, 0.15) is 24.0 Å². The fourth-order valence-corrected chi connectivity index (χ4v) is 5.32. The summed E-state index contributed by atoms with van der Waals surface area (Å²) in [6.45, 7) is 2.30. The van der Waals surface area contributed by atoms with Crippen molar-refractivity contribution in [3.8, 4) is 17.2 Å². The van der Waals surface area contributed by atoms with E-state index in [-0.39, 0.29) is 30.1 Å². The maximum atomic E-state index is 13.1. The Morgan fingerprint density at radius 1 is 1.27 bits per heavy atom. The molecule has 8 nitrogen and oxygen atoms in total. The van der Waals surface area contributed by atoms with E-state index in [1.54, 1.807) is 7.11 Å². The number of nitrogens with one attached hydrogen (secondary N) is 1. The van der Waals surface area contributed by atoms with Gasteiger partial charge < -0.3 is 23.8 Å². The van der Waals surface area contributed by atoms with Crippen molar-refractivity contribution in [3.05, 3.63) is 11.1 Å². The average Bonchev–Trinajstić information content (AvgIpc) is 3.29. The summed E-state index contributed by atoms with van der Waals surface area (Å²) in [6.07, 6.45) is 2.36. The normalized spacial score (nSPS) is 22.5. The number of ether oxygens (including phenoxy) is 4. The van der Waals surface area contributed by atoms with E-state index in [1.165, 1.54) is 0 Å². The van der Waals surface area contributed by atoms with Gasteiger partial charge in [0.05, 0.1) is 13.2 Å². The molecule has 9 heteroatoms. The lowest BCUT2D eigenvalue weighted by atomic mass is 9.97. The Labute approximate surface area is 153 Å². The molecule has 3 aliphatic rings. The molecule has 4 rings (SSSR count). The van der Waals surface area contributed by atoms with Crippen molar-refractivity contribution >= 4 is 10.0 Å². The molecular weight excluding hydrogens is 360 g/mol. The molecule has 1 N–H and O–H groups in total. The van der Waals surface area contributed by atoms with E-state index in [0.29, 0.717) is 31.1 Å². The minimum absolute atomic E-state index is 0.0152. The third kappa shape index (κ3) is 3.02. The van der Waals surface area contributed by atoms with Crippen molar-refractivity contribution in [3.63, 3.8) is 0 Å². The number of hydrogen-bond donors (Lipinski definition) is 1. The number of rotatable bonds is 5. The van der Waals surface area contributed by atoms with Gasteiger partial charge in [0.1, 0.15) is 4.90 Å². The van der Waals surface area contributed by atoms with Crippen LogP contribution in [0.4, 0.5) is 0 Å². The fourth-order valence-electron chi connectivity index (χ4n) is 3.83. The van der Waals surface area contributed by atoms with Gasteiger partial charge in [0.2, 0.25) is 22.6 Å². The second kappa shape index (κ2) is 6.88. The minimum Gasteiger partial charge on any atom is -0.492 e. The first-order chi connectivity index (χ1) is 12.5. The minimum atomic E-state index is -3.77. The third-order valence-electron chi connectivity index (χ3n) is 5.11. The molecule has 3 aliphatic heterocycles. The highest BCUT2D eigenvalue weighted by molar-refractivity contribution is 7.89. The molecule has 0 saturated carbocycles. The molecule has 0 bridgehead atoms. The molecule has 0 unspecified atom stereocenters. The van der Waals surface area contributed by atoms with Crippen molar-refractivity contribution < 1.29 is 27.4 Å². The lowest BCUT2D eigenvalue weighted by Crippen LogP contribution is -2.34. The van der Waals surface area contributed by atoms with Crippen molar-refractivity contribution in [2.45, 2.75) is 36.8 Å². The fraction of sp³-hybridized carbons (Fsp3) is 0.647. The van der Waals surface area contributed by atoms with Crippen molar-refractivity contribution in [1.29, 1.82) is 0 Å². The van der Waals surface area contributed by atoms with Gasteiger partial charge in [0.15, 0.2) is 11.5 Å². The molecule has 1 aromatic carbocycles. The second-order valence-electron chi connectivity index (χ2n) is 6.86. The highest BCUT2D eigenvalue weighted by Gasteiger charge is 2.38. The monoisotopic (exact) mass is 384 g/mol. The van der Waals surface area contributed by atoms with Crippen LogP contribution in [0.2, 0.25) is 0 Å². The Morgan fingerprint density at radius 2 is 2.08 bits per heavy atom. The predicted molar refractivity (Wildman–Crippen MR) is 93.3 cm³/mol. The Morgan fingerprint density at radius 3 is 2.81 bits per heavy atom. The van der Waals surface area contributed by atoms with Crippen LogP contribution in [0.3, 0.4) is 0 Å². The first-order valence-corrected chi connectivity index (χ1v) is 10.3. The lowest BCUT2D eigenvalue weighted by Gasteiger charge is -2.29. The van der Waals surface area contributed by atoms with Crippen molar-refractivity contribution in [2.75, 3.05) is 40.6 Å². The molecule has 0 aromatic heterocycles. The number of methoxy groups -OCH3 is 1. The van der Waals surface area contributed by atoms with Crippen LogP contribution in [0.25, 0.3) is 0 Å². The number of fused-ring (bicyclic) bond motifs is 2. The number of sulfonamides is 1. The molecule has 1 saturated heterocycles. The van der Waals surface area contributed by atoms with Gasteiger partial charge >= 0.3 is 0 Å². The summed E-state index contributed by atoms with van der Waals surface area (Å²) in [7, 11) is -0.204. The van der Waals surface area contributed by atoms with E-state index < -0.39 is 10.0 Å². The van der Waals surface area contributed by atoms with Gasteiger partial charge in [-0.25, -0.2) is 13.1 Å². The van der Waals surface area contributed by atoms with Gasteiger partial charge in [-0.1, -0.05) is 0 Å². The number of benzene rings is 1. The van der Waals surface area contributed by atoms with E-state index in [1.807, 2.05) is 7.05 Å². The molecule has 1 atom stereocenters. The van der Waals surface area contributed by atoms with E-state index >= 15 is 0 Å². The van der Waals surface area contributed by atoms with Crippen LogP contribution in [0, 0.1) is 0 Å². The Bertz CT molecular complexity index is 804. The van der Waals surface area contributed by atoms with Crippen LogP contribution >= 0.6 is 0 Å². The summed E-state index contributed by atoms with van der Waals surface area (Å²) in [4.78, 5) is 2.32. The van der Waals surface area contributed by atoms with Gasteiger partial charge in [0.25, 0.3) is 0 Å². The highest BCUT2D eigenvalue weighted by atomic mass is 32.2. The predicted octanol–water partition coefficient (Wildman–Crippen LogP) is 0.869. The zero-order valence-corrected chi connectivity index (χ0v) is 15.9. The summed E-state index contributed by atoms with van der Waals surface area (Å²) in [5, 5.41) is 0. The summed E-state index contributed by atoms with van der Waals surface area (Å²) >= 11 is 0. The van der Waals surface area contributed by atoms with Gasteiger partial charge in [0, 0.05) is 31.8 Å². The summed E-state index contributed by atoms with van der Waals surface area (Å²) < 4.78 is 51.2. The SMILES string of the molecule is COc1c2c(c(S(=O)(=O)NC[C@@H]3CCCO3)c3c1OCO3)CCN(C)C2. The van der Waals surface area contributed by atoms with Crippen molar-refractivity contribution in [2.24, 2.45) is 0 Å². The first kappa shape index (κ1) is 17.8. The highest BCUT2D eigenvalue weighted by Crippen LogP contribution is 2.51. The standard InChI is InChI=1S/C17H24N2O6S/c1-19-6-5-12-13(9-19)14(22-2)15-16(25-10-24-15)17(12)26(20,21)18-8-11-4-3-7-23-11/h11,18H,3-10H2,1-2H3/t11-/m0/s1. The average molecular weight is 384 g/mol. The molecule has 1 aromatic rings. The van der Waals surface area contributed by atoms with Crippen LogP contribution < -0.4 is 18.9 Å². The van der Waals surface area contributed by atoms with Crippen LogP contribution in [-0.2, 0) is 27.7 Å². The van der Waals surface area contributed by atoms with Gasteiger partial charge in [-0.15, -0.1) is 0 Å². The molecular formula is C17H24N2O6S. The van der Waals surface area contributed by atoms with E-state index in [2.05, 4.69) is 9.62 Å². The molecule has 1 fully saturated rings. The maximum Gasteiger partial charge on any atom is 0.244 e. The van der Waals surface area contributed by atoms with Gasteiger partial charge in [-0.2, -0.15) is 0 Å². The van der Waals surface area contributed by atoms with Crippen LogP contribution in [0.5, 0.6) is 17.2 Å². The molecule has 0 spiro atoms. The topological polar surface area (TPSA) is 86.3 Å². The van der Waals surface area contributed by atoms with Crippen LogP contribution in [-0.4, -0.2) is 60.1 Å². The van der Waals surface area contributed by atoms with Gasteiger partial charge in [-0.3, -0.25) is 0 Å². The molecule has 0 radical (unpaired) electrons. The summed E-state index contributed by atoms with van der Waals surface area (Å²) in [5.41, 5.74) is 1.60. The summed E-state index contributed by atoms with van der Waals surface area (Å²) in [5.74, 6) is 1.20. The zero-order chi connectivity index (χ0) is 18.3. The summed E-state index contributed by atoms with van der Waals surface area (Å²) in [6, 6.07) is 0. The molecule has 144 valence electrons. The smallest absolute Gasteiger partial charge is 0.244 e. The number of hydrogen-bond acceptors (Lipinski definition) is 7. The van der Waals surface area contributed by atoms with E-state index in [0.717, 1.165) is 30.5 Å². The second-order valence-corrected chi connectivity index (χ2v) is 8.56. The third-order valence-corrected chi connectivity index (χ3v) is 6.62. The number of nitrogens with zero attached hydrogens (tertiary/aromatic N) is 1. The van der Waals surface area contributed by atoms with Crippen molar-refractivity contribution in [1.82, 2.24) is 9.62 Å². The Hall–Kier alpha value is -1.55. The molecule has 26 heavy (non-hydrogen) atoms.